The fourth-order valence-corrected chi connectivity index (χ4v) is 3.05. The van der Waals surface area contributed by atoms with Gasteiger partial charge >= 0.3 is 0 Å². The molecular formula is C21H24N2O4. The van der Waals surface area contributed by atoms with Crippen LogP contribution in [0.5, 0.6) is 0 Å². The Hall–Kier alpha value is -2.73. The van der Waals surface area contributed by atoms with E-state index in [0.717, 1.165) is 24.0 Å². The second kappa shape index (κ2) is 7.88. The number of nitrogens with one attached hydrogen (secondary N) is 1. The number of nitrogens with zero attached hydrogens (tertiary/aromatic N) is 1. The van der Waals surface area contributed by atoms with Crippen LogP contribution in [0.1, 0.15) is 64.1 Å². The van der Waals surface area contributed by atoms with Gasteiger partial charge in [0.25, 0.3) is 11.5 Å². The molecule has 0 saturated heterocycles. The number of amides is 1. The molecule has 3 rings (SSSR count). The predicted octanol–water partition coefficient (Wildman–Crippen LogP) is 2.29. The molecule has 2 N–H and O–H groups in total. The first-order valence-corrected chi connectivity index (χ1v) is 9.15. The number of carbonyl (C=O) groups is 2. The van der Waals surface area contributed by atoms with Gasteiger partial charge in [-0.25, -0.2) is 0 Å². The Morgan fingerprint density at radius 2 is 2.04 bits per heavy atom. The van der Waals surface area contributed by atoms with Crippen LogP contribution in [0.3, 0.4) is 0 Å². The molecule has 6 nitrogen and oxygen atoms in total. The number of benzene rings is 1. The van der Waals surface area contributed by atoms with Gasteiger partial charge in [0.1, 0.15) is 5.56 Å². The van der Waals surface area contributed by atoms with Gasteiger partial charge in [0, 0.05) is 25.2 Å². The van der Waals surface area contributed by atoms with Crippen LogP contribution in [0.25, 0.3) is 0 Å². The van der Waals surface area contributed by atoms with E-state index in [2.05, 4.69) is 5.32 Å². The van der Waals surface area contributed by atoms with Gasteiger partial charge < -0.3 is 15.0 Å². The van der Waals surface area contributed by atoms with Crippen molar-refractivity contribution in [2.45, 2.75) is 38.8 Å². The summed E-state index contributed by atoms with van der Waals surface area (Å²) in [6.45, 7) is 1.89. The summed E-state index contributed by atoms with van der Waals surface area (Å²) in [4.78, 5) is 37.4. The highest BCUT2D eigenvalue weighted by atomic mass is 16.3. The fraction of sp³-hybridized carbons (Fsp3) is 0.381. The Morgan fingerprint density at radius 1 is 1.30 bits per heavy atom. The van der Waals surface area contributed by atoms with Gasteiger partial charge in [-0.3, -0.25) is 14.4 Å². The molecule has 6 heteroatoms. The number of rotatable bonds is 7. The van der Waals surface area contributed by atoms with Crippen molar-refractivity contribution in [2.75, 3.05) is 7.05 Å². The largest absolute Gasteiger partial charge is 0.389 e. The van der Waals surface area contributed by atoms with Crippen molar-refractivity contribution in [3.05, 3.63) is 69.1 Å². The molecule has 1 aromatic carbocycles. The molecular weight excluding hydrogens is 344 g/mol. The van der Waals surface area contributed by atoms with E-state index in [0.29, 0.717) is 17.9 Å². The van der Waals surface area contributed by atoms with Gasteiger partial charge in [0.15, 0.2) is 5.78 Å². The van der Waals surface area contributed by atoms with Crippen LogP contribution in [0, 0.1) is 5.92 Å². The predicted molar refractivity (Wildman–Crippen MR) is 102 cm³/mol. The van der Waals surface area contributed by atoms with Crippen molar-refractivity contribution in [2.24, 2.45) is 5.92 Å². The molecule has 27 heavy (non-hydrogen) atoms. The number of ketones is 1. The summed E-state index contributed by atoms with van der Waals surface area (Å²) < 4.78 is 1.39. The van der Waals surface area contributed by atoms with Crippen molar-refractivity contribution < 1.29 is 14.7 Å². The second-order valence-corrected chi connectivity index (χ2v) is 7.15. The first-order chi connectivity index (χ1) is 12.9. The van der Waals surface area contributed by atoms with Crippen molar-refractivity contribution in [3.63, 3.8) is 0 Å². The summed E-state index contributed by atoms with van der Waals surface area (Å²) >= 11 is 0. The number of carbonyl (C=O) groups excluding carboxylic acids is 2. The van der Waals surface area contributed by atoms with Crippen molar-refractivity contribution in [1.29, 1.82) is 0 Å². The molecule has 1 aromatic heterocycles. The number of aliphatic hydroxyl groups is 1. The Morgan fingerprint density at radius 3 is 2.67 bits per heavy atom. The zero-order valence-electron chi connectivity index (χ0n) is 15.6. The van der Waals surface area contributed by atoms with Crippen molar-refractivity contribution in [1.82, 2.24) is 9.88 Å². The third-order valence-corrected chi connectivity index (χ3v) is 4.84. The minimum Gasteiger partial charge on any atom is -0.389 e. The monoisotopic (exact) mass is 368 g/mol. The SMILES string of the molecule is CNC(=O)c1cc(C(=O)CC2CC2)cn(Cc2cccc([C@H](C)O)c2)c1=O. The van der Waals surface area contributed by atoms with E-state index < -0.39 is 17.6 Å². The Labute approximate surface area is 157 Å². The van der Waals surface area contributed by atoms with E-state index in [1.165, 1.54) is 23.9 Å². The third kappa shape index (κ3) is 4.52. The molecule has 0 unspecified atom stereocenters. The molecule has 142 valence electrons. The number of hydrogen-bond donors (Lipinski definition) is 2. The standard InChI is InChI=1S/C21H24N2O4/c1-13(24)16-5-3-4-15(8-16)11-23-12-17(19(25)9-14-6-7-14)10-18(21(23)27)20(26)22-2/h3-5,8,10,12-14,24H,6-7,9,11H2,1-2H3,(H,22,26)/t13-/m0/s1. The molecule has 0 bridgehead atoms. The molecule has 1 fully saturated rings. The van der Waals surface area contributed by atoms with Crippen LogP contribution in [-0.4, -0.2) is 28.4 Å². The molecule has 1 saturated carbocycles. The summed E-state index contributed by atoms with van der Waals surface area (Å²) in [6.07, 6.45) is 3.48. The van der Waals surface area contributed by atoms with Gasteiger partial charge in [-0.2, -0.15) is 0 Å². The maximum Gasteiger partial charge on any atom is 0.263 e. The number of aromatic nitrogens is 1. The van der Waals surface area contributed by atoms with Crippen LogP contribution in [0.15, 0.2) is 41.3 Å². The fourth-order valence-electron chi connectivity index (χ4n) is 3.05. The number of aliphatic hydroxyl groups excluding tert-OH is 1. The topological polar surface area (TPSA) is 88.4 Å². The Balaban J connectivity index is 1.99. The maximum atomic E-state index is 12.7. The van der Waals surface area contributed by atoms with Crippen LogP contribution < -0.4 is 10.9 Å². The Bertz CT molecular complexity index is 926. The molecule has 0 aliphatic heterocycles. The molecule has 1 aliphatic carbocycles. The van der Waals surface area contributed by atoms with E-state index in [4.69, 9.17) is 0 Å². The lowest BCUT2D eigenvalue weighted by Gasteiger charge is -2.12. The van der Waals surface area contributed by atoms with E-state index >= 15 is 0 Å². The minimum absolute atomic E-state index is 0.0363. The zero-order valence-corrected chi connectivity index (χ0v) is 15.6. The van der Waals surface area contributed by atoms with Gasteiger partial charge in [-0.15, -0.1) is 0 Å². The van der Waals surface area contributed by atoms with E-state index in [1.807, 2.05) is 24.3 Å². The van der Waals surface area contributed by atoms with Crippen LogP contribution in [-0.2, 0) is 6.54 Å². The summed E-state index contributed by atoms with van der Waals surface area (Å²) in [7, 11) is 1.46. The second-order valence-electron chi connectivity index (χ2n) is 7.15. The molecule has 2 aromatic rings. The summed E-state index contributed by atoms with van der Waals surface area (Å²) in [5.74, 6) is -0.134. The maximum absolute atomic E-state index is 12.7. The molecule has 0 spiro atoms. The average Bonchev–Trinajstić information content (AvgIpc) is 3.46. The minimum atomic E-state index is -0.616. The smallest absolute Gasteiger partial charge is 0.263 e. The number of pyridine rings is 1. The average molecular weight is 368 g/mol. The van der Waals surface area contributed by atoms with E-state index in [-0.39, 0.29) is 17.9 Å². The quantitative estimate of drug-likeness (QED) is 0.734. The van der Waals surface area contributed by atoms with Gasteiger partial charge in [-0.1, -0.05) is 24.3 Å². The highest BCUT2D eigenvalue weighted by Gasteiger charge is 2.26. The third-order valence-electron chi connectivity index (χ3n) is 4.84. The first kappa shape index (κ1) is 19.0. The highest BCUT2D eigenvalue weighted by molar-refractivity contribution is 6.00. The first-order valence-electron chi connectivity index (χ1n) is 9.15. The molecule has 1 amide bonds. The zero-order chi connectivity index (χ0) is 19.6. The van der Waals surface area contributed by atoms with Gasteiger partial charge in [0.05, 0.1) is 12.6 Å². The molecule has 1 heterocycles. The van der Waals surface area contributed by atoms with Crippen LogP contribution in [0.2, 0.25) is 0 Å². The normalized spacial score (nSPS) is 14.6. The summed E-state index contributed by atoms with van der Waals surface area (Å²) in [5, 5.41) is 12.2. The van der Waals surface area contributed by atoms with E-state index in [1.54, 1.807) is 6.92 Å². The summed E-state index contributed by atoms with van der Waals surface area (Å²) in [6, 6.07) is 8.67. The Kier molecular flexibility index (Phi) is 5.56. The van der Waals surface area contributed by atoms with Gasteiger partial charge in [-0.05, 0) is 42.9 Å². The molecule has 0 radical (unpaired) electrons. The van der Waals surface area contributed by atoms with Crippen molar-refractivity contribution in [3.8, 4) is 0 Å². The highest BCUT2D eigenvalue weighted by Crippen LogP contribution is 2.33. The number of hydrogen-bond acceptors (Lipinski definition) is 4. The van der Waals surface area contributed by atoms with Crippen molar-refractivity contribution >= 4 is 11.7 Å². The van der Waals surface area contributed by atoms with Crippen LogP contribution in [0.4, 0.5) is 0 Å². The summed E-state index contributed by atoms with van der Waals surface area (Å²) in [5.41, 5.74) is 1.45. The van der Waals surface area contributed by atoms with Gasteiger partial charge in [0.2, 0.25) is 0 Å². The molecule has 1 atom stereocenters. The lowest BCUT2D eigenvalue weighted by molar-refractivity contribution is 0.0961. The number of Topliss-reactive ketones (excluding diaryl/α,β-unsaturated/α-hetero) is 1. The lowest BCUT2D eigenvalue weighted by atomic mass is 10.0. The van der Waals surface area contributed by atoms with E-state index in [9.17, 15) is 19.5 Å². The molecule has 1 aliphatic rings. The lowest BCUT2D eigenvalue weighted by Crippen LogP contribution is -2.32. The van der Waals surface area contributed by atoms with Crippen LogP contribution >= 0.6 is 0 Å².